The fourth-order valence-electron chi connectivity index (χ4n) is 3.86. The Hall–Kier alpha value is -2.28. The number of amides is 1. The summed E-state index contributed by atoms with van der Waals surface area (Å²) in [6.07, 6.45) is 5.85. The summed E-state index contributed by atoms with van der Waals surface area (Å²) in [5, 5.41) is 13.5. The number of hydrogen-bond acceptors (Lipinski definition) is 5. The highest BCUT2D eigenvalue weighted by Gasteiger charge is 2.25. The SMILES string of the molecule is CC(C)n1c(S[C@H](C)C(=O)NC2CCCCC2)nnc1-c1cc2ccccc2o1. The molecule has 0 spiro atoms. The molecule has 1 saturated carbocycles. The standard InChI is InChI=1S/C22H28N4O2S/c1-14(2)26-20(19-13-16-9-7-8-12-18(16)28-19)24-25-22(26)29-15(3)21(27)23-17-10-5-4-6-11-17/h7-9,12-15,17H,4-6,10-11H2,1-3H3,(H,23,27)/t15-/m1/s1. The maximum absolute atomic E-state index is 12.7. The van der Waals surface area contributed by atoms with E-state index in [0.717, 1.165) is 29.0 Å². The predicted octanol–water partition coefficient (Wildman–Crippen LogP) is 5.20. The number of fused-ring (bicyclic) bond motifs is 1. The van der Waals surface area contributed by atoms with Crippen LogP contribution in [0.2, 0.25) is 0 Å². The van der Waals surface area contributed by atoms with Crippen LogP contribution in [0, 0.1) is 0 Å². The summed E-state index contributed by atoms with van der Waals surface area (Å²) < 4.78 is 8.05. The molecule has 0 aliphatic heterocycles. The van der Waals surface area contributed by atoms with E-state index in [9.17, 15) is 4.79 Å². The number of aromatic nitrogens is 3. The fraction of sp³-hybridized carbons (Fsp3) is 0.500. The summed E-state index contributed by atoms with van der Waals surface area (Å²) in [6.45, 7) is 6.11. The molecule has 0 saturated heterocycles. The molecular weight excluding hydrogens is 384 g/mol. The molecule has 0 bridgehead atoms. The van der Waals surface area contributed by atoms with Crippen LogP contribution in [0.5, 0.6) is 0 Å². The van der Waals surface area contributed by atoms with Crippen molar-refractivity contribution in [3.8, 4) is 11.6 Å². The Morgan fingerprint density at radius 3 is 2.66 bits per heavy atom. The first kappa shape index (κ1) is 20.0. The number of rotatable bonds is 6. The molecule has 1 amide bonds. The van der Waals surface area contributed by atoms with Gasteiger partial charge < -0.3 is 9.73 Å². The number of benzene rings is 1. The number of para-hydroxylation sites is 1. The number of nitrogens with one attached hydrogen (secondary N) is 1. The van der Waals surface area contributed by atoms with Crippen LogP contribution in [0.4, 0.5) is 0 Å². The van der Waals surface area contributed by atoms with E-state index >= 15 is 0 Å². The van der Waals surface area contributed by atoms with Gasteiger partial charge in [0.2, 0.25) is 11.7 Å². The van der Waals surface area contributed by atoms with Crippen molar-refractivity contribution in [1.29, 1.82) is 0 Å². The average Bonchev–Trinajstić information content (AvgIpc) is 3.32. The van der Waals surface area contributed by atoms with Gasteiger partial charge in [-0.2, -0.15) is 0 Å². The van der Waals surface area contributed by atoms with Crippen molar-refractivity contribution in [2.75, 3.05) is 0 Å². The molecule has 2 aromatic heterocycles. The van der Waals surface area contributed by atoms with Crippen LogP contribution in [0.15, 0.2) is 39.9 Å². The zero-order valence-corrected chi connectivity index (χ0v) is 18.0. The molecule has 1 fully saturated rings. The maximum atomic E-state index is 12.7. The summed E-state index contributed by atoms with van der Waals surface area (Å²) in [5.74, 6) is 1.46. The highest BCUT2D eigenvalue weighted by atomic mass is 32.2. The lowest BCUT2D eigenvalue weighted by molar-refractivity contribution is -0.121. The van der Waals surface area contributed by atoms with Crippen molar-refractivity contribution in [2.24, 2.45) is 0 Å². The first-order valence-corrected chi connectivity index (χ1v) is 11.3. The topological polar surface area (TPSA) is 73.0 Å². The normalized spacial score (nSPS) is 16.4. The second kappa shape index (κ2) is 8.61. The summed E-state index contributed by atoms with van der Waals surface area (Å²) in [6, 6.07) is 10.4. The predicted molar refractivity (Wildman–Crippen MR) is 116 cm³/mol. The van der Waals surface area contributed by atoms with E-state index in [1.807, 2.05) is 41.8 Å². The highest BCUT2D eigenvalue weighted by molar-refractivity contribution is 8.00. The third-order valence-corrected chi connectivity index (χ3v) is 6.49. The van der Waals surface area contributed by atoms with Crippen molar-refractivity contribution >= 4 is 28.6 Å². The minimum Gasteiger partial charge on any atom is -0.453 e. The Balaban J connectivity index is 1.53. The Kier molecular flexibility index (Phi) is 5.94. The molecule has 0 radical (unpaired) electrons. The van der Waals surface area contributed by atoms with Crippen molar-refractivity contribution in [3.05, 3.63) is 30.3 Å². The number of hydrogen-bond donors (Lipinski definition) is 1. The molecule has 0 unspecified atom stereocenters. The van der Waals surface area contributed by atoms with Gasteiger partial charge in [-0.05, 0) is 45.7 Å². The van der Waals surface area contributed by atoms with Crippen LogP contribution in [-0.2, 0) is 4.79 Å². The van der Waals surface area contributed by atoms with Gasteiger partial charge in [-0.25, -0.2) is 0 Å². The Morgan fingerprint density at radius 1 is 1.17 bits per heavy atom. The third kappa shape index (κ3) is 4.34. The largest absolute Gasteiger partial charge is 0.453 e. The molecule has 6 nitrogen and oxygen atoms in total. The second-order valence-corrected chi connectivity index (χ2v) is 9.33. The molecule has 3 aromatic rings. The van der Waals surface area contributed by atoms with Crippen molar-refractivity contribution in [1.82, 2.24) is 20.1 Å². The van der Waals surface area contributed by atoms with Crippen LogP contribution >= 0.6 is 11.8 Å². The Bertz CT molecular complexity index is 955. The number of nitrogens with zero attached hydrogens (tertiary/aromatic N) is 3. The molecule has 1 N–H and O–H groups in total. The molecular formula is C22H28N4O2S. The van der Waals surface area contributed by atoms with E-state index < -0.39 is 0 Å². The van der Waals surface area contributed by atoms with Crippen LogP contribution < -0.4 is 5.32 Å². The molecule has 1 aromatic carbocycles. The molecule has 7 heteroatoms. The van der Waals surface area contributed by atoms with E-state index in [-0.39, 0.29) is 17.2 Å². The number of thioether (sulfide) groups is 1. The van der Waals surface area contributed by atoms with Gasteiger partial charge in [0.1, 0.15) is 5.58 Å². The summed E-state index contributed by atoms with van der Waals surface area (Å²) in [4.78, 5) is 12.7. The van der Waals surface area contributed by atoms with Gasteiger partial charge in [0.25, 0.3) is 0 Å². The van der Waals surface area contributed by atoms with Crippen molar-refractivity contribution < 1.29 is 9.21 Å². The van der Waals surface area contributed by atoms with Crippen molar-refractivity contribution in [3.63, 3.8) is 0 Å². The first-order valence-electron chi connectivity index (χ1n) is 10.4. The van der Waals surface area contributed by atoms with E-state index in [0.29, 0.717) is 17.6 Å². The molecule has 1 aliphatic rings. The number of carbonyl (C=O) groups is 1. The lowest BCUT2D eigenvalue weighted by Gasteiger charge is -2.24. The molecule has 1 atom stereocenters. The number of carbonyl (C=O) groups excluding carboxylic acids is 1. The van der Waals surface area contributed by atoms with Gasteiger partial charge in [-0.15, -0.1) is 10.2 Å². The first-order chi connectivity index (χ1) is 14.0. The minimum absolute atomic E-state index is 0.0745. The van der Waals surface area contributed by atoms with E-state index in [1.165, 1.54) is 31.0 Å². The van der Waals surface area contributed by atoms with Gasteiger partial charge >= 0.3 is 0 Å². The van der Waals surface area contributed by atoms with Crippen LogP contribution in [0.3, 0.4) is 0 Å². The van der Waals surface area contributed by atoms with Gasteiger partial charge in [-0.1, -0.05) is 49.2 Å². The summed E-state index contributed by atoms with van der Waals surface area (Å²) in [7, 11) is 0. The van der Waals surface area contributed by atoms with Crippen molar-refractivity contribution in [2.45, 2.75) is 75.4 Å². The zero-order valence-electron chi connectivity index (χ0n) is 17.2. The lowest BCUT2D eigenvalue weighted by atomic mass is 9.95. The monoisotopic (exact) mass is 412 g/mol. The van der Waals surface area contributed by atoms with E-state index in [2.05, 4.69) is 29.4 Å². The van der Waals surface area contributed by atoms with E-state index in [1.54, 1.807) is 0 Å². The molecule has 154 valence electrons. The van der Waals surface area contributed by atoms with Crippen LogP contribution in [0.1, 0.15) is 58.9 Å². The fourth-order valence-corrected chi connectivity index (χ4v) is 4.85. The second-order valence-electron chi connectivity index (χ2n) is 8.02. The minimum atomic E-state index is -0.234. The Labute approximate surface area is 175 Å². The Morgan fingerprint density at radius 2 is 1.93 bits per heavy atom. The smallest absolute Gasteiger partial charge is 0.233 e. The van der Waals surface area contributed by atoms with Crippen LogP contribution in [-0.4, -0.2) is 32.0 Å². The number of furan rings is 1. The average molecular weight is 413 g/mol. The lowest BCUT2D eigenvalue weighted by Crippen LogP contribution is -2.40. The van der Waals surface area contributed by atoms with E-state index in [4.69, 9.17) is 4.42 Å². The third-order valence-electron chi connectivity index (χ3n) is 5.43. The van der Waals surface area contributed by atoms with Gasteiger partial charge in [0, 0.05) is 17.5 Å². The molecule has 4 rings (SSSR count). The van der Waals surface area contributed by atoms with Gasteiger partial charge in [0.05, 0.1) is 5.25 Å². The van der Waals surface area contributed by atoms with Gasteiger partial charge in [-0.3, -0.25) is 9.36 Å². The maximum Gasteiger partial charge on any atom is 0.233 e. The van der Waals surface area contributed by atoms with Crippen LogP contribution in [0.25, 0.3) is 22.6 Å². The molecule has 29 heavy (non-hydrogen) atoms. The highest BCUT2D eigenvalue weighted by Crippen LogP contribution is 2.33. The summed E-state index contributed by atoms with van der Waals surface area (Å²) in [5.41, 5.74) is 0.829. The molecule has 2 heterocycles. The molecule has 1 aliphatic carbocycles. The summed E-state index contributed by atoms with van der Waals surface area (Å²) >= 11 is 1.45. The quantitative estimate of drug-likeness (QED) is 0.563. The zero-order chi connectivity index (χ0) is 20.4. The van der Waals surface area contributed by atoms with Gasteiger partial charge in [0.15, 0.2) is 10.9 Å².